The van der Waals surface area contributed by atoms with Crippen LogP contribution in [0.25, 0.3) is 71.8 Å². The highest BCUT2D eigenvalue weighted by molar-refractivity contribution is 6.11. The molecule has 0 atom stereocenters. The Kier molecular flexibility index (Phi) is 6.78. The molecule has 4 nitrogen and oxygen atoms in total. The zero-order valence-electron chi connectivity index (χ0n) is 27.6. The van der Waals surface area contributed by atoms with Crippen LogP contribution in [0.3, 0.4) is 0 Å². The van der Waals surface area contributed by atoms with E-state index in [2.05, 4.69) is 178 Å². The standard InChI is InChI=1S/C47H31N3O/c1-2-12-35(13-3-1)49(36-27-23-33(24-28-36)39-29-30-48-47-46(39)42-17-6-9-20-45(42)51-47)38-14-10-11-34(31-38)32-21-25-37(26-22-32)50-43-18-7-4-15-40(43)41-16-5-8-19-44(41)50/h1-31H. The van der Waals surface area contributed by atoms with Crippen molar-refractivity contribution in [3.05, 3.63) is 188 Å². The third kappa shape index (κ3) is 4.88. The average Bonchev–Trinajstić information content (AvgIpc) is 3.75. The van der Waals surface area contributed by atoms with E-state index in [0.29, 0.717) is 5.71 Å². The Morgan fingerprint density at radius 2 is 1.06 bits per heavy atom. The number of hydrogen-bond acceptors (Lipinski definition) is 3. The monoisotopic (exact) mass is 653 g/mol. The van der Waals surface area contributed by atoms with Crippen molar-refractivity contribution in [1.82, 2.24) is 9.55 Å². The molecule has 0 bridgehead atoms. The van der Waals surface area contributed by atoms with Gasteiger partial charge >= 0.3 is 0 Å². The minimum Gasteiger partial charge on any atom is -0.438 e. The van der Waals surface area contributed by atoms with Crippen LogP contribution in [0.1, 0.15) is 0 Å². The van der Waals surface area contributed by atoms with Gasteiger partial charge in [0.05, 0.1) is 16.4 Å². The minimum absolute atomic E-state index is 0.656. The van der Waals surface area contributed by atoms with Crippen LogP contribution in [0, 0.1) is 0 Å². The van der Waals surface area contributed by atoms with E-state index in [-0.39, 0.29) is 0 Å². The summed E-state index contributed by atoms with van der Waals surface area (Å²) in [5, 5.41) is 4.65. The highest BCUT2D eigenvalue weighted by atomic mass is 16.3. The highest BCUT2D eigenvalue weighted by Crippen LogP contribution is 2.40. The summed E-state index contributed by atoms with van der Waals surface area (Å²) in [4.78, 5) is 6.84. The van der Waals surface area contributed by atoms with Crippen LogP contribution in [-0.4, -0.2) is 9.55 Å². The molecule has 0 amide bonds. The lowest BCUT2D eigenvalue weighted by Crippen LogP contribution is -2.09. The number of para-hydroxylation sites is 4. The molecule has 3 aromatic heterocycles. The van der Waals surface area contributed by atoms with E-state index in [1.54, 1.807) is 0 Å². The maximum Gasteiger partial charge on any atom is 0.227 e. The second kappa shape index (κ2) is 11.9. The molecule has 0 N–H and O–H groups in total. The molecule has 7 aromatic carbocycles. The van der Waals surface area contributed by atoms with Gasteiger partial charge in [-0.15, -0.1) is 0 Å². The van der Waals surface area contributed by atoms with Gasteiger partial charge in [0.25, 0.3) is 0 Å². The fourth-order valence-electron chi connectivity index (χ4n) is 7.53. The number of benzene rings is 7. The maximum atomic E-state index is 6.08. The number of hydrogen-bond donors (Lipinski definition) is 0. The van der Waals surface area contributed by atoms with E-state index in [0.717, 1.165) is 55.8 Å². The molecular formula is C47H31N3O. The van der Waals surface area contributed by atoms with Crippen molar-refractivity contribution in [2.75, 3.05) is 4.90 Å². The Labute approximate surface area is 295 Å². The predicted molar refractivity (Wildman–Crippen MR) is 211 cm³/mol. The molecule has 0 fully saturated rings. The van der Waals surface area contributed by atoms with Crippen molar-refractivity contribution in [2.45, 2.75) is 0 Å². The number of pyridine rings is 1. The molecule has 10 rings (SSSR count). The van der Waals surface area contributed by atoms with E-state index < -0.39 is 0 Å². The van der Waals surface area contributed by atoms with E-state index in [1.807, 2.05) is 24.4 Å². The fourth-order valence-corrected chi connectivity index (χ4v) is 7.53. The van der Waals surface area contributed by atoms with E-state index in [1.165, 1.54) is 27.4 Å². The summed E-state index contributed by atoms with van der Waals surface area (Å²) >= 11 is 0. The van der Waals surface area contributed by atoms with E-state index in [9.17, 15) is 0 Å². The minimum atomic E-state index is 0.656. The first-order valence-corrected chi connectivity index (χ1v) is 17.2. The van der Waals surface area contributed by atoms with Crippen molar-refractivity contribution in [3.63, 3.8) is 0 Å². The van der Waals surface area contributed by atoms with Crippen LogP contribution >= 0.6 is 0 Å². The summed E-state index contributed by atoms with van der Waals surface area (Å²) in [7, 11) is 0. The van der Waals surface area contributed by atoms with Crippen molar-refractivity contribution < 1.29 is 4.42 Å². The molecule has 3 heterocycles. The maximum absolute atomic E-state index is 6.08. The first kappa shape index (κ1) is 29.0. The third-order valence-electron chi connectivity index (χ3n) is 9.87. The van der Waals surface area contributed by atoms with E-state index in [4.69, 9.17) is 4.42 Å². The van der Waals surface area contributed by atoms with Gasteiger partial charge in [-0.25, -0.2) is 4.98 Å². The number of anilines is 3. The Bertz CT molecular complexity index is 2800. The van der Waals surface area contributed by atoms with Gasteiger partial charge in [0.15, 0.2) is 0 Å². The van der Waals surface area contributed by atoms with Gasteiger partial charge in [0.2, 0.25) is 5.71 Å². The smallest absolute Gasteiger partial charge is 0.227 e. The molecule has 51 heavy (non-hydrogen) atoms. The van der Waals surface area contributed by atoms with Gasteiger partial charge in [0, 0.05) is 45.1 Å². The largest absolute Gasteiger partial charge is 0.438 e. The molecule has 0 aliphatic heterocycles. The van der Waals surface area contributed by atoms with Crippen LogP contribution in [0.2, 0.25) is 0 Å². The lowest BCUT2D eigenvalue weighted by molar-refractivity contribution is 0.654. The molecule has 0 unspecified atom stereocenters. The zero-order valence-corrected chi connectivity index (χ0v) is 27.6. The fraction of sp³-hybridized carbons (Fsp3) is 0. The number of furan rings is 1. The van der Waals surface area contributed by atoms with Gasteiger partial charge in [-0.2, -0.15) is 0 Å². The number of fused-ring (bicyclic) bond motifs is 6. The summed E-state index contributed by atoms with van der Waals surface area (Å²) in [5.74, 6) is 0. The zero-order chi connectivity index (χ0) is 33.7. The van der Waals surface area contributed by atoms with Gasteiger partial charge in [-0.1, -0.05) is 109 Å². The van der Waals surface area contributed by atoms with Crippen molar-refractivity contribution >= 4 is 60.9 Å². The average molecular weight is 654 g/mol. The molecule has 0 radical (unpaired) electrons. The molecule has 0 saturated heterocycles. The van der Waals surface area contributed by atoms with Crippen LogP contribution in [0.4, 0.5) is 17.1 Å². The molecule has 240 valence electrons. The molecule has 0 aliphatic rings. The summed E-state index contributed by atoms with van der Waals surface area (Å²) in [5.41, 5.74) is 12.9. The normalized spacial score (nSPS) is 11.5. The van der Waals surface area contributed by atoms with Crippen LogP contribution < -0.4 is 4.90 Å². The van der Waals surface area contributed by atoms with Crippen LogP contribution in [0.5, 0.6) is 0 Å². The number of aromatic nitrogens is 2. The first-order valence-electron chi connectivity index (χ1n) is 17.2. The molecule has 0 spiro atoms. The van der Waals surface area contributed by atoms with Crippen LogP contribution in [-0.2, 0) is 0 Å². The Morgan fingerprint density at radius 1 is 0.451 bits per heavy atom. The van der Waals surface area contributed by atoms with Crippen molar-refractivity contribution in [2.24, 2.45) is 0 Å². The Hall–Kier alpha value is -6.91. The number of rotatable bonds is 6. The molecular weight excluding hydrogens is 623 g/mol. The molecule has 0 aliphatic carbocycles. The number of nitrogens with zero attached hydrogens (tertiary/aromatic N) is 3. The SMILES string of the molecule is c1ccc(N(c2ccc(-c3ccnc4oc5ccccc5c34)cc2)c2cccc(-c3ccc(-n4c5ccccc5c5ccccc54)cc3)c2)cc1. The first-order chi connectivity index (χ1) is 25.3. The summed E-state index contributed by atoms with van der Waals surface area (Å²) in [6, 6.07) is 64.5. The second-order valence-electron chi connectivity index (χ2n) is 12.8. The van der Waals surface area contributed by atoms with Crippen LogP contribution in [0.15, 0.2) is 193 Å². The van der Waals surface area contributed by atoms with Gasteiger partial charge in [-0.3, -0.25) is 0 Å². The predicted octanol–water partition coefficient (Wildman–Crippen LogP) is 12.9. The lowest BCUT2D eigenvalue weighted by Gasteiger charge is -2.26. The van der Waals surface area contributed by atoms with Crippen molar-refractivity contribution in [3.8, 4) is 27.9 Å². The lowest BCUT2D eigenvalue weighted by atomic mass is 10.0. The Balaban J connectivity index is 1.02. The van der Waals surface area contributed by atoms with Gasteiger partial charge in [0.1, 0.15) is 5.58 Å². The molecule has 4 heteroatoms. The topological polar surface area (TPSA) is 34.2 Å². The quantitative estimate of drug-likeness (QED) is 0.179. The summed E-state index contributed by atoms with van der Waals surface area (Å²) in [6.45, 7) is 0. The Morgan fingerprint density at radius 3 is 1.80 bits per heavy atom. The third-order valence-corrected chi connectivity index (χ3v) is 9.87. The highest BCUT2D eigenvalue weighted by Gasteiger charge is 2.17. The molecule has 0 saturated carbocycles. The van der Waals surface area contributed by atoms with Crippen molar-refractivity contribution in [1.29, 1.82) is 0 Å². The molecule has 10 aromatic rings. The van der Waals surface area contributed by atoms with Gasteiger partial charge in [-0.05, 0) is 95.1 Å². The summed E-state index contributed by atoms with van der Waals surface area (Å²) < 4.78 is 8.44. The summed E-state index contributed by atoms with van der Waals surface area (Å²) in [6.07, 6.45) is 1.82. The van der Waals surface area contributed by atoms with Gasteiger partial charge < -0.3 is 13.9 Å². The second-order valence-corrected chi connectivity index (χ2v) is 12.8. The van der Waals surface area contributed by atoms with E-state index >= 15 is 0 Å².